The highest BCUT2D eigenvalue weighted by molar-refractivity contribution is 6.35. The van der Waals surface area contributed by atoms with Crippen LogP contribution in [0.2, 0.25) is 0 Å². The molecule has 1 aromatic carbocycles. The summed E-state index contributed by atoms with van der Waals surface area (Å²) in [5.41, 5.74) is -0.334. The normalized spacial score (nSPS) is 11.5. The Kier molecular flexibility index (Phi) is 8.65. The molecule has 188 valence electrons. The Morgan fingerprint density at radius 2 is 1.83 bits per heavy atom. The van der Waals surface area contributed by atoms with Crippen molar-refractivity contribution in [3.8, 4) is 5.75 Å². The quantitative estimate of drug-likeness (QED) is 0.189. The van der Waals surface area contributed by atoms with Gasteiger partial charge in [-0.15, -0.1) is 5.10 Å². The van der Waals surface area contributed by atoms with Crippen molar-refractivity contribution in [3.05, 3.63) is 57.5 Å². The number of carbonyl (C=O) groups excluding carboxylic acids is 3. The van der Waals surface area contributed by atoms with Gasteiger partial charge in [0.05, 0.1) is 12.1 Å². The van der Waals surface area contributed by atoms with Gasteiger partial charge in [-0.1, -0.05) is 12.1 Å². The zero-order valence-corrected chi connectivity index (χ0v) is 19.9. The number of aromatic hydroxyl groups is 1. The van der Waals surface area contributed by atoms with Gasteiger partial charge in [0.1, 0.15) is 11.6 Å². The molecule has 2 rings (SSSR count). The Morgan fingerprint density at radius 1 is 1.20 bits per heavy atom. The first-order valence-electron chi connectivity index (χ1n) is 10.5. The Hall–Kier alpha value is -4.29. The number of amides is 3. The van der Waals surface area contributed by atoms with Crippen molar-refractivity contribution in [3.63, 3.8) is 0 Å². The lowest BCUT2D eigenvalue weighted by molar-refractivity contribution is -0.140. The molecule has 3 amide bonds. The van der Waals surface area contributed by atoms with Crippen LogP contribution < -0.4 is 21.6 Å². The minimum absolute atomic E-state index is 0.0211. The van der Waals surface area contributed by atoms with E-state index in [1.165, 1.54) is 52.1 Å². The third-order valence-electron chi connectivity index (χ3n) is 4.71. The average molecular weight is 490 g/mol. The zero-order valence-electron chi connectivity index (χ0n) is 19.9. The summed E-state index contributed by atoms with van der Waals surface area (Å²) in [6.07, 6.45) is 0. The van der Waals surface area contributed by atoms with Crippen LogP contribution in [0.15, 0.2) is 34.2 Å². The predicted molar refractivity (Wildman–Crippen MR) is 123 cm³/mol. The molecule has 13 heteroatoms. The van der Waals surface area contributed by atoms with E-state index in [1.807, 2.05) is 5.43 Å². The van der Waals surface area contributed by atoms with Crippen molar-refractivity contribution >= 4 is 23.6 Å². The predicted octanol–water partition coefficient (Wildman–Crippen LogP) is 0.392. The number of halogens is 1. The van der Waals surface area contributed by atoms with Crippen LogP contribution in [0.4, 0.5) is 4.39 Å². The van der Waals surface area contributed by atoms with Gasteiger partial charge < -0.3 is 20.5 Å². The van der Waals surface area contributed by atoms with E-state index in [1.54, 1.807) is 6.92 Å². The number of hydrazone groups is 1. The van der Waals surface area contributed by atoms with Crippen molar-refractivity contribution < 1.29 is 28.6 Å². The van der Waals surface area contributed by atoms with E-state index >= 15 is 0 Å². The minimum atomic E-state index is -1.43. The van der Waals surface area contributed by atoms with E-state index in [2.05, 4.69) is 20.7 Å². The summed E-state index contributed by atoms with van der Waals surface area (Å²) in [7, 11) is 1.29. The third-order valence-corrected chi connectivity index (χ3v) is 4.71. The van der Waals surface area contributed by atoms with Crippen molar-refractivity contribution in [1.82, 2.24) is 25.6 Å². The zero-order chi connectivity index (χ0) is 26.3. The monoisotopic (exact) mass is 490 g/mol. The van der Waals surface area contributed by atoms with Crippen LogP contribution in [0.25, 0.3) is 0 Å². The molecule has 0 saturated carbocycles. The second kappa shape index (κ2) is 11.2. The lowest BCUT2D eigenvalue weighted by Crippen LogP contribution is -2.50. The van der Waals surface area contributed by atoms with Crippen LogP contribution >= 0.6 is 0 Å². The fourth-order valence-electron chi connectivity index (χ4n) is 2.99. The third kappa shape index (κ3) is 6.85. The van der Waals surface area contributed by atoms with Crippen molar-refractivity contribution in [2.45, 2.75) is 39.8 Å². The minimum Gasteiger partial charge on any atom is -0.501 e. The van der Waals surface area contributed by atoms with Crippen molar-refractivity contribution in [1.29, 1.82) is 0 Å². The largest absolute Gasteiger partial charge is 0.501 e. The van der Waals surface area contributed by atoms with Gasteiger partial charge in [-0.25, -0.2) is 14.8 Å². The molecule has 0 unspecified atom stereocenters. The highest BCUT2D eigenvalue weighted by atomic mass is 19.1. The number of benzene rings is 1. The maximum atomic E-state index is 13.1. The van der Waals surface area contributed by atoms with Gasteiger partial charge in [0.25, 0.3) is 11.5 Å². The van der Waals surface area contributed by atoms with Crippen LogP contribution in [0.3, 0.4) is 0 Å². The highest BCUT2D eigenvalue weighted by Gasteiger charge is 2.32. The molecule has 0 aliphatic heterocycles. The average Bonchev–Trinajstić information content (AvgIpc) is 2.80. The highest BCUT2D eigenvalue weighted by Crippen LogP contribution is 2.20. The topological polar surface area (TPSA) is 164 Å². The molecule has 0 aliphatic rings. The molecule has 1 aromatic heterocycles. The van der Waals surface area contributed by atoms with Gasteiger partial charge in [-0.2, -0.15) is 0 Å². The molecule has 0 aliphatic carbocycles. The first kappa shape index (κ1) is 27.0. The lowest BCUT2D eigenvalue weighted by atomic mass is 10.0. The summed E-state index contributed by atoms with van der Waals surface area (Å²) < 4.78 is 19.1. The standard InChI is InChI=1S/C22H27FN6O6/c1-6-35-12(2)27-28-19(33)18(32)26-22(3,4)21-25-15(16(30)20(34)29(21)5)17(31)24-11-13-7-9-14(23)10-8-13/h7-10,30H,6,11H2,1-5H3,(H,24,31)(H,26,32)(H,28,33)/b27-12+. The Balaban J connectivity index is 2.25. The van der Waals surface area contributed by atoms with Crippen LogP contribution in [0.1, 0.15) is 49.6 Å². The Morgan fingerprint density at radius 3 is 2.43 bits per heavy atom. The molecular weight excluding hydrogens is 463 g/mol. The number of rotatable bonds is 7. The number of ether oxygens (including phenoxy) is 1. The molecule has 12 nitrogen and oxygen atoms in total. The molecule has 0 fully saturated rings. The Bertz CT molecular complexity index is 1210. The van der Waals surface area contributed by atoms with Crippen molar-refractivity contribution in [2.24, 2.45) is 12.1 Å². The van der Waals surface area contributed by atoms with E-state index in [4.69, 9.17) is 4.74 Å². The van der Waals surface area contributed by atoms with Gasteiger partial charge in [0.2, 0.25) is 11.6 Å². The second-order valence-electron chi connectivity index (χ2n) is 7.89. The Labute approximate surface area is 200 Å². The molecule has 0 spiro atoms. The van der Waals surface area contributed by atoms with Gasteiger partial charge in [-0.05, 0) is 38.5 Å². The molecule has 1 heterocycles. The van der Waals surface area contributed by atoms with Crippen LogP contribution in [-0.4, -0.2) is 44.9 Å². The fraction of sp³-hybridized carbons (Fsp3) is 0.364. The molecule has 2 aromatic rings. The van der Waals surface area contributed by atoms with Gasteiger partial charge in [0, 0.05) is 20.5 Å². The summed E-state index contributed by atoms with van der Waals surface area (Å²) in [4.78, 5) is 53.7. The summed E-state index contributed by atoms with van der Waals surface area (Å²) in [6, 6.07) is 5.36. The van der Waals surface area contributed by atoms with Crippen LogP contribution in [-0.2, 0) is 33.5 Å². The van der Waals surface area contributed by atoms with Crippen molar-refractivity contribution in [2.75, 3.05) is 6.61 Å². The fourth-order valence-corrected chi connectivity index (χ4v) is 2.99. The molecule has 35 heavy (non-hydrogen) atoms. The van der Waals surface area contributed by atoms with Gasteiger partial charge >= 0.3 is 11.8 Å². The van der Waals surface area contributed by atoms with Gasteiger partial charge in [-0.3, -0.25) is 23.7 Å². The van der Waals surface area contributed by atoms with E-state index in [-0.39, 0.29) is 18.3 Å². The molecule has 0 bridgehead atoms. The summed E-state index contributed by atoms with van der Waals surface area (Å²) >= 11 is 0. The summed E-state index contributed by atoms with van der Waals surface area (Å²) in [5, 5.41) is 18.7. The van der Waals surface area contributed by atoms with Crippen LogP contribution in [0.5, 0.6) is 5.75 Å². The smallest absolute Gasteiger partial charge is 0.329 e. The summed E-state index contributed by atoms with van der Waals surface area (Å²) in [5.74, 6) is -4.36. The number of nitrogens with one attached hydrogen (secondary N) is 3. The molecular formula is C22H27FN6O6. The van der Waals surface area contributed by atoms with E-state index in [0.29, 0.717) is 12.2 Å². The molecule has 0 saturated heterocycles. The SMILES string of the molecule is CCO/C(C)=N/NC(=O)C(=O)NC(C)(C)c1nc(C(=O)NCc2ccc(F)cc2)c(O)c(=O)n1C. The number of hydrogen-bond acceptors (Lipinski definition) is 8. The lowest BCUT2D eigenvalue weighted by Gasteiger charge is -2.27. The van der Waals surface area contributed by atoms with E-state index < -0.39 is 46.1 Å². The second-order valence-corrected chi connectivity index (χ2v) is 7.89. The van der Waals surface area contributed by atoms with Gasteiger partial charge in [0.15, 0.2) is 5.69 Å². The number of carbonyl (C=O) groups is 3. The maximum Gasteiger partial charge on any atom is 0.329 e. The first-order valence-corrected chi connectivity index (χ1v) is 10.5. The van der Waals surface area contributed by atoms with Crippen LogP contribution in [0, 0.1) is 5.82 Å². The van der Waals surface area contributed by atoms with E-state index in [9.17, 15) is 28.7 Å². The molecule has 0 atom stereocenters. The first-order chi connectivity index (χ1) is 16.4. The molecule has 0 radical (unpaired) electrons. The maximum absolute atomic E-state index is 13.1. The number of aromatic nitrogens is 2. The summed E-state index contributed by atoms with van der Waals surface area (Å²) in [6.45, 7) is 6.42. The molecule has 4 N–H and O–H groups in total. The number of hydrogen-bond donors (Lipinski definition) is 4. The van der Waals surface area contributed by atoms with E-state index in [0.717, 1.165) is 4.57 Å². The number of nitrogens with zero attached hydrogens (tertiary/aromatic N) is 3.